The van der Waals surface area contributed by atoms with Gasteiger partial charge in [-0.1, -0.05) is 59.6 Å². The van der Waals surface area contributed by atoms with E-state index in [1.165, 1.54) is 11.0 Å². The van der Waals surface area contributed by atoms with Gasteiger partial charge in [0.1, 0.15) is 6.54 Å². The maximum atomic E-state index is 12.3. The molecule has 2 amide bonds. The van der Waals surface area contributed by atoms with Gasteiger partial charge in [0.05, 0.1) is 15.7 Å². The van der Waals surface area contributed by atoms with Crippen LogP contribution in [0.25, 0.3) is 6.08 Å². The van der Waals surface area contributed by atoms with E-state index in [9.17, 15) is 9.59 Å². The van der Waals surface area contributed by atoms with Crippen LogP contribution >= 0.6 is 23.2 Å². The fourth-order valence-corrected chi connectivity index (χ4v) is 2.64. The zero-order valence-corrected chi connectivity index (χ0v) is 15.2. The van der Waals surface area contributed by atoms with E-state index in [-0.39, 0.29) is 18.4 Å². The largest absolute Gasteiger partial charge is 0.330 e. The summed E-state index contributed by atoms with van der Waals surface area (Å²) in [7, 11) is 0. The van der Waals surface area contributed by atoms with Crippen LogP contribution in [0.3, 0.4) is 0 Å². The Morgan fingerprint density at radius 2 is 1.68 bits per heavy atom. The van der Waals surface area contributed by atoms with Crippen molar-refractivity contribution >= 4 is 46.8 Å². The molecule has 130 valence electrons. The van der Waals surface area contributed by atoms with E-state index in [0.717, 1.165) is 5.56 Å². The molecule has 1 N–H and O–H groups in total. The van der Waals surface area contributed by atoms with Crippen molar-refractivity contribution in [2.75, 3.05) is 18.4 Å². The maximum Gasteiger partial charge on any atom is 0.247 e. The predicted molar refractivity (Wildman–Crippen MR) is 103 cm³/mol. The Morgan fingerprint density at radius 3 is 2.28 bits per heavy atom. The molecule has 0 unspecified atom stereocenters. The molecule has 0 spiro atoms. The van der Waals surface area contributed by atoms with Crippen molar-refractivity contribution in [1.29, 1.82) is 0 Å². The number of rotatable bonds is 6. The summed E-state index contributed by atoms with van der Waals surface area (Å²) >= 11 is 12.1. The SMILES string of the molecule is CCN(CC(=O)Nc1c(Cl)cccc1Cl)C(=O)/C=C/c1ccccc1. The van der Waals surface area contributed by atoms with Gasteiger partial charge in [-0.2, -0.15) is 0 Å². The average molecular weight is 377 g/mol. The van der Waals surface area contributed by atoms with Gasteiger partial charge < -0.3 is 10.2 Å². The number of para-hydroxylation sites is 1. The standard InChI is InChI=1S/C19H18Cl2N2O2/c1-2-23(18(25)12-11-14-7-4-3-5-8-14)13-17(24)22-19-15(20)9-6-10-16(19)21/h3-12H,2,13H2,1H3,(H,22,24)/b12-11+. The quantitative estimate of drug-likeness (QED) is 0.754. The fraction of sp³-hybridized carbons (Fsp3) is 0.158. The molecule has 0 aromatic heterocycles. The van der Waals surface area contributed by atoms with E-state index >= 15 is 0 Å². The maximum absolute atomic E-state index is 12.3. The average Bonchev–Trinajstić information content (AvgIpc) is 2.61. The molecule has 0 aliphatic carbocycles. The Hall–Kier alpha value is -2.30. The van der Waals surface area contributed by atoms with Crippen LogP contribution in [0.1, 0.15) is 12.5 Å². The lowest BCUT2D eigenvalue weighted by atomic mass is 10.2. The minimum atomic E-state index is -0.363. The Bertz CT molecular complexity index is 756. The summed E-state index contributed by atoms with van der Waals surface area (Å²) in [6, 6.07) is 14.4. The highest BCUT2D eigenvalue weighted by atomic mass is 35.5. The molecule has 4 nitrogen and oxygen atoms in total. The van der Waals surface area contributed by atoms with Gasteiger partial charge in [0.25, 0.3) is 0 Å². The third kappa shape index (κ3) is 5.62. The number of anilines is 1. The van der Waals surface area contributed by atoms with Crippen LogP contribution in [-0.4, -0.2) is 29.8 Å². The number of nitrogens with one attached hydrogen (secondary N) is 1. The molecular weight excluding hydrogens is 359 g/mol. The lowest BCUT2D eigenvalue weighted by Crippen LogP contribution is -2.37. The lowest BCUT2D eigenvalue weighted by molar-refractivity contribution is -0.130. The topological polar surface area (TPSA) is 49.4 Å². The first-order chi connectivity index (χ1) is 12.0. The van der Waals surface area contributed by atoms with Crippen molar-refractivity contribution in [3.8, 4) is 0 Å². The molecule has 6 heteroatoms. The minimum absolute atomic E-state index is 0.0873. The van der Waals surface area contributed by atoms with Gasteiger partial charge in [0.2, 0.25) is 11.8 Å². The normalized spacial score (nSPS) is 10.7. The van der Waals surface area contributed by atoms with Crippen molar-refractivity contribution in [2.24, 2.45) is 0 Å². The molecule has 0 aliphatic heterocycles. The van der Waals surface area contributed by atoms with Crippen LogP contribution in [0.5, 0.6) is 0 Å². The number of nitrogens with zero attached hydrogens (tertiary/aromatic N) is 1. The molecule has 2 aromatic carbocycles. The van der Waals surface area contributed by atoms with Crippen molar-refractivity contribution in [2.45, 2.75) is 6.92 Å². The second-order valence-corrected chi connectivity index (χ2v) is 6.06. The van der Waals surface area contributed by atoms with Gasteiger partial charge >= 0.3 is 0 Å². The molecule has 2 aromatic rings. The zero-order chi connectivity index (χ0) is 18.2. The molecule has 0 radical (unpaired) electrons. The number of likely N-dealkylation sites (N-methyl/N-ethyl adjacent to an activating group) is 1. The van der Waals surface area contributed by atoms with E-state index in [2.05, 4.69) is 5.32 Å². The Balaban J connectivity index is 2.00. The van der Waals surface area contributed by atoms with Crippen molar-refractivity contribution in [1.82, 2.24) is 4.90 Å². The van der Waals surface area contributed by atoms with Crippen LogP contribution in [-0.2, 0) is 9.59 Å². The van der Waals surface area contributed by atoms with Crippen LogP contribution in [0.4, 0.5) is 5.69 Å². The Morgan fingerprint density at radius 1 is 1.04 bits per heavy atom. The summed E-state index contributed by atoms with van der Waals surface area (Å²) in [6.07, 6.45) is 3.17. The molecule has 0 heterocycles. The second-order valence-electron chi connectivity index (χ2n) is 5.24. The van der Waals surface area contributed by atoms with Crippen LogP contribution in [0.2, 0.25) is 10.0 Å². The van der Waals surface area contributed by atoms with Gasteiger partial charge in [-0.05, 0) is 30.7 Å². The number of halogens is 2. The molecule has 0 fully saturated rings. The molecule has 25 heavy (non-hydrogen) atoms. The number of carbonyl (C=O) groups excluding carboxylic acids is 2. The van der Waals surface area contributed by atoms with E-state index in [1.807, 2.05) is 37.3 Å². The molecular formula is C19H18Cl2N2O2. The Labute approximate surface area is 157 Å². The van der Waals surface area contributed by atoms with E-state index < -0.39 is 0 Å². The van der Waals surface area contributed by atoms with Crippen LogP contribution < -0.4 is 5.32 Å². The van der Waals surface area contributed by atoms with Crippen molar-refractivity contribution in [3.63, 3.8) is 0 Å². The predicted octanol–water partition coefficient (Wildman–Crippen LogP) is 4.49. The highest BCUT2D eigenvalue weighted by Gasteiger charge is 2.15. The number of benzene rings is 2. The smallest absolute Gasteiger partial charge is 0.247 e. The molecule has 2 rings (SSSR count). The van der Waals surface area contributed by atoms with Crippen LogP contribution in [0.15, 0.2) is 54.6 Å². The van der Waals surface area contributed by atoms with E-state index in [0.29, 0.717) is 22.3 Å². The van der Waals surface area contributed by atoms with Gasteiger partial charge in [-0.15, -0.1) is 0 Å². The summed E-state index contributed by atoms with van der Waals surface area (Å²) in [4.78, 5) is 25.9. The van der Waals surface area contributed by atoms with Gasteiger partial charge in [-0.25, -0.2) is 0 Å². The molecule has 0 saturated heterocycles. The summed E-state index contributed by atoms with van der Waals surface area (Å²) in [6.45, 7) is 2.13. The number of hydrogen-bond donors (Lipinski definition) is 1. The first-order valence-electron chi connectivity index (χ1n) is 7.77. The number of carbonyl (C=O) groups is 2. The third-order valence-corrected chi connectivity index (χ3v) is 4.10. The van der Waals surface area contributed by atoms with Gasteiger partial charge in [0, 0.05) is 12.6 Å². The van der Waals surface area contributed by atoms with Gasteiger partial charge in [0.15, 0.2) is 0 Å². The summed E-state index contributed by atoms with van der Waals surface area (Å²) in [5.74, 6) is -0.606. The molecule has 0 bridgehead atoms. The number of amides is 2. The lowest BCUT2D eigenvalue weighted by Gasteiger charge is -2.19. The molecule has 0 aliphatic rings. The molecule has 0 saturated carbocycles. The highest BCUT2D eigenvalue weighted by Crippen LogP contribution is 2.29. The summed E-state index contributed by atoms with van der Waals surface area (Å²) in [5, 5.41) is 3.34. The van der Waals surface area contributed by atoms with Crippen LogP contribution in [0, 0.1) is 0 Å². The summed E-state index contributed by atoms with van der Waals surface area (Å²) in [5.41, 5.74) is 1.26. The highest BCUT2D eigenvalue weighted by molar-refractivity contribution is 6.39. The number of hydrogen-bond acceptors (Lipinski definition) is 2. The Kier molecular flexibility index (Phi) is 7.04. The van der Waals surface area contributed by atoms with E-state index in [1.54, 1.807) is 24.3 Å². The van der Waals surface area contributed by atoms with Crippen molar-refractivity contribution < 1.29 is 9.59 Å². The minimum Gasteiger partial charge on any atom is -0.330 e. The fourth-order valence-electron chi connectivity index (χ4n) is 2.15. The zero-order valence-electron chi connectivity index (χ0n) is 13.7. The van der Waals surface area contributed by atoms with Gasteiger partial charge in [-0.3, -0.25) is 9.59 Å². The first kappa shape index (κ1) is 19.0. The summed E-state index contributed by atoms with van der Waals surface area (Å²) < 4.78 is 0. The van der Waals surface area contributed by atoms with Crippen molar-refractivity contribution in [3.05, 3.63) is 70.2 Å². The molecule has 0 atom stereocenters. The van der Waals surface area contributed by atoms with E-state index in [4.69, 9.17) is 23.2 Å². The second kappa shape index (κ2) is 9.25. The first-order valence-corrected chi connectivity index (χ1v) is 8.52. The third-order valence-electron chi connectivity index (χ3n) is 3.47. The monoisotopic (exact) mass is 376 g/mol.